The fourth-order valence-corrected chi connectivity index (χ4v) is 3.54. The number of nitrogens with zero attached hydrogens (tertiary/aromatic N) is 2. The summed E-state index contributed by atoms with van der Waals surface area (Å²) in [5, 5.41) is 2.98. The maximum atomic E-state index is 12.4. The van der Waals surface area contributed by atoms with Gasteiger partial charge in [0, 0.05) is 32.9 Å². The molecule has 0 spiro atoms. The van der Waals surface area contributed by atoms with Gasteiger partial charge in [-0.15, -0.1) is 0 Å². The lowest BCUT2D eigenvalue weighted by molar-refractivity contribution is 0.310. The minimum atomic E-state index is -3.38. The Morgan fingerprint density at radius 1 is 1.20 bits per heavy atom. The van der Waals surface area contributed by atoms with Crippen molar-refractivity contribution in [3.8, 4) is 0 Å². The van der Waals surface area contributed by atoms with E-state index in [2.05, 4.69) is 10.2 Å². The van der Waals surface area contributed by atoms with E-state index in [0.29, 0.717) is 11.4 Å². The number of hydrogen-bond acceptors (Lipinski definition) is 4. The van der Waals surface area contributed by atoms with Gasteiger partial charge in [0.2, 0.25) is 10.0 Å². The van der Waals surface area contributed by atoms with Crippen LogP contribution in [0.4, 0.5) is 5.69 Å². The fraction of sp³-hybridized carbons (Fsp3) is 0.571. The van der Waals surface area contributed by atoms with Gasteiger partial charge in [-0.05, 0) is 50.2 Å². The summed E-state index contributed by atoms with van der Waals surface area (Å²) in [5.74, 6) is 0. The molecule has 1 aromatic rings. The van der Waals surface area contributed by atoms with Crippen molar-refractivity contribution in [3.63, 3.8) is 0 Å². The summed E-state index contributed by atoms with van der Waals surface area (Å²) >= 11 is 0. The maximum absolute atomic E-state index is 12.4. The van der Waals surface area contributed by atoms with Crippen LogP contribution in [-0.4, -0.2) is 57.9 Å². The first-order valence-electron chi connectivity index (χ1n) is 7.00. The molecule has 6 heteroatoms. The number of likely N-dealkylation sites (tertiary alicyclic amines) is 1. The summed E-state index contributed by atoms with van der Waals surface area (Å²) in [6.45, 7) is 3.52. The highest BCUT2D eigenvalue weighted by Crippen LogP contribution is 2.17. The second-order valence-corrected chi connectivity index (χ2v) is 7.19. The van der Waals surface area contributed by atoms with E-state index >= 15 is 0 Å². The molecule has 0 radical (unpaired) electrons. The molecule has 1 aromatic carbocycles. The van der Waals surface area contributed by atoms with Gasteiger partial charge in [0.1, 0.15) is 0 Å². The zero-order valence-electron chi connectivity index (χ0n) is 12.2. The Bertz CT molecular complexity index is 522. The van der Waals surface area contributed by atoms with Crippen molar-refractivity contribution < 1.29 is 8.42 Å². The average Bonchev–Trinajstić information content (AvgIpc) is 2.98. The second-order valence-electron chi connectivity index (χ2n) is 5.15. The Labute approximate surface area is 121 Å². The van der Waals surface area contributed by atoms with Crippen molar-refractivity contribution in [1.29, 1.82) is 0 Å². The van der Waals surface area contributed by atoms with E-state index < -0.39 is 10.0 Å². The molecule has 0 amide bonds. The third-order valence-electron chi connectivity index (χ3n) is 3.78. The summed E-state index contributed by atoms with van der Waals surface area (Å²) in [6, 6.07) is 6.85. The highest BCUT2D eigenvalue weighted by molar-refractivity contribution is 7.89. The predicted octanol–water partition coefficient (Wildman–Crippen LogP) is 1.44. The highest BCUT2D eigenvalue weighted by atomic mass is 32.2. The van der Waals surface area contributed by atoms with Gasteiger partial charge in [-0.2, -0.15) is 4.31 Å². The summed E-state index contributed by atoms with van der Waals surface area (Å²) in [5.41, 5.74) is 0.906. The monoisotopic (exact) mass is 297 g/mol. The molecular formula is C14H23N3O2S. The molecule has 1 aliphatic rings. The van der Waals surface area contributed by atoms with Crippen molar-refractivity contribution in [2.45, 2.75) is 17.7 Å². The molecule has 0 atom stereocenters. The predicted molar refractivity (Wildman–Crippen MR) is 81.5 cm³/mol. The lowest BCUT2D eigenvalue weighted by Gasteiger charge is -2.21. The number of nitrogens with one attached hydrogen (secondary N) is 1. The van der Waals surface area contributed by atoms with Crippen LogP contribution in [0.15, 0.2) is 29.2 Å². The molecule has 112 valence electrons. The molecule has 0 aliphatic carbocycles. The van der Waals surface area contributed by atoms with Crippen LogP contribution in [0.2, 0.25) is 0 Å². The average molecular weight is 297 g/mol. The molecule has 20 heavy (non-hydrogen) atoms. The summed E-state index contributed by atoms with van der Waals surface area (Å²) < 4.78 is 26.3. The van der Waals surface area contributed by atoms with Crippen LogP contribution in [0.3, 0.4) is 0 Å². The largest absolute Gasteiger partial charge is 0.388 e. The zero-order valence-corrected chi connectivity index (χ0v) is 13.0. The van der Waals surface area contributed by atoms with Crippen molar-refractivity contribution in [3.05, 3.63) is 24.3 Å². The normalized spacial score (nSPS) is 16.8. The van der Waals surface area contributed by atoms with E-state index in [4.69, 9.17) is 0 Å². The Hall–Kier alpha value is -1.11. The van der Waals surface area contributed by atoms with Gasteiger partial charge >= 0.3 is 0 Å². The molecule has 1 saturated heterocycles. The van der Waals surface area contributed by atoms with Gasteiger partial charge in [0.25, 0.3) is 0 Å². The highest BCUT2D eigenvalue weighted by Gasteiger charge is 2.21. The summed E-state index contributed by atoms with van der Waals surface area (Å²) in [6.07, 6.45) is 2.45. The number of rotatable bonds is 6. The van der Waals surface area contributed by atoms with Gasteiger partial charge in [-0.1, -0.05) is 0 Å². The van der Waals surface area contributed by atoms with Crippen LogP contribution in [-0.2, 0) is 10.0 Å². The number of likely N-dealkylation sites (N-methyl/N-ethyl adjacent to an activating group) is 1. The Morgan fingerprint density at radius 3 is 2.35 bits per heavy atom. The van der Waals surface area contributed by atoms with Crippen molar-refractivity contribution in [1.82, 2.24) is 9.21 Å². The number of benzene rings is 1. The molecule has 0 aromatic heterocycles. The SMILES string of the molecule is CNc1ccc(S(=O)(=O)N(C)CCN2CCCC2)cc1. The van der Waals surface area contributed by atoms with Crippen LogP contribution in [0.5, 0.6) is 0 Å². The van der Waals surface area contributed by atoms with E-state index in [1.165, 1.54) is 17.1 Å². The molecule has 1 fully saturated rings. The van der Waals surface area contributed by atoms with E-state index in [1.54, 1.807) is 31.3 Å². The standard InChI is InChI=1S/C14H23N3O2S/c1-15-13-5-7-14(8-6-13)20(18,19)16(2)11-12-17-9-3-4-10-17/h5-8,15H,3-4,9-12H2,1-2H3. The number of anilines is 1. The molecule has 5 nitrogen and oxygen atoms in total. The van der Waals surface area contributed by atoms with Gasteiger partial charge in [-0.25, -0.2) is 8.42 Å². The minimum Gasteiger partial charge on any atom is -0.388 e. The zero-order chi connectivity index (χ0) is 14.6. The molecular weight excluding hydrogens is 274 g/mol. The van der Waals surface area contributed by atoms with Gasteiger partial charge in [0.15, 0.2) is 0 Å². The smallest absolute Gasteiger partial charge is 0.242 e. The Balaban J connectivity index is 2.00. The molecule has 1 aliphatic heterocycles. The van der Waals surface area contributed by atoms with Crippen molar-refractivity contribution in [2.75, 3.05) is 45.6 Å². The molecule has 0 bridgehead atoms. The van der Waals surface area contributed by atoms with Gasteiger partial charge < -0.3 is 10.2 Å². The van der Waals surface area contributed by atoms with Crippen molar-refractivity contribution in [2.24, 2.45) is 0 Å². The van der Waals surface area contributed by atoms with Gasteiger partial charge in [-0.3, -0.25) is 0 Å². The van der Waals surface area contributed by atoms with E-state index in [1.807, 2.05) is 7.05 Å². The fourth-order valence-electron chi connectivity index (χ4n) is 2.38. The number of hydrogen-bond donors (Lipinski definition) is 1. The maximum Gasteiger partial charge on any atom is 0.242 e. The lowest BCUT2D eigenvalue weighted by atomic mass is 10.3. The minimum absolute atomic E-state index is 0.348. The molecule has 1 N–H and O–H groups in total. The third kappa shape index (κ3) is 3.50. The molecule has 2 rings (SSSR count). The summed E-state index contributed by atoms with van der Waals surface area (Å²) in [7, 11) is 0.0846. The van der Waals surface area contributed by atoms with E-state index in [9.17, 15) is 8.42 Å². The van der Waals surface area contributed by atoms with Crippen LogP contribution in [0, 0.1) is 0 Å². The van der Waals surface area contributed by atoms with Crippen LogP contribution in [0.25, 0.3) is 0 Å². The molecule has 0 unspecified atom stereocenters. The topological polar surface area (TPSA) is 52.7 Å². The first-order chi connectivity index (χ1) is 9.54. The Kier molecular flexibility index (Phi) is 5.01. The Morgan fingerprint density at radius 2 is 1.80 bits per heavy atom. The molecule has 1 heterocycles. The quantitative estimate of drug-likeness (QED) is 0.863. The second kappa shape index (κ2) is 6.56. The van der Waals surface area contributed by atoms with E-state index in [-0.39, 0.29) is 0 Å². The van der Waals surface area contributed by atoms with Gasteiger partial charge in [0.05, 0.1) is 4.90 Å². The summed E-state index contributed by atoms with van der Waals surface area (Å²) in [4.78, 5) is 2.66. The van der Waals surface area contributed by atoms with E-state index in [0.717, 1.165) is 25.3 Å². The number of sulfonamides is 1. The first kappa shape index (κ1) is 15.3. The van der Waals surface area contributed by atoms with Crippen LogP contribution in [0.1, 0.15) is 12.8 Å². The first-order valence-corrected chi connectivity index (χ1v) is 8.44. The van der Waals surface area contributed by atoms with Crippen LogP contribution >= 0.6 is 0 Å². The lowest BCUT2D eigenvalue weighted by Crippen LogP contribution is -2.35. The van der Waals surface area contributed by atoms with Crippen molar-refractivity contribution >= 4 is 15.7 Å². The van der Waals surface area contributed by atoms with Crippen LogP contribution < -0.4 is 5.32 Å². The third-order valence-corrected chi connectivity index (χ3v) is 5.65. The molecule has 0 saturated carbocycles.